The second-order valence-corrected chi connectivity index (χ2v) is 6.33. The molecule has 0 aliphatic carbocycles. The molecule has 0 saturated heterocycles. The maximum Gasteiger partial charge on any atom is 0.361 e. The molecule has 2 aromatic carbocycles. The number of esters is 2. The van der Waals surface area contributed by atoms with E-state index in [0.29, 0.717) is 42.4 Å². The third-order valence-electron chi connectivity index (χ3n) is 4.25. The Bertz CT molecular complexity index is 999. The first kappa shape index (κ1) is 21.8. The summed E-state index contributed by atoms with van der Waals surface area (Å²) in [6.45, 7) is 2.94. The summed E-state index contributed by atoms with van der Waals surface area (Å²) in [6.07, 6.45) is 0.677. The third kappa shape index (κ3) is 5.81. The number of methoxy groups -OCH3 is 1. The summed E-state index contributed by atoms with van der Waals surface area (Å²) in [5.74, 6) is 0.451. The molecule has 0 atom stereocenters. The van der Waals surface area contributed by atoms with Gasteiger partial charge in [-0.1, -0.05) is 0 Å². The van der Waals surface area contributed by atoms with E-state index < -0.39 is 5.97 Å². The number of rotatable bonds is 10. The molecule has 162 valence electrons. The molecule has 9 heteroatoms. The number of nitrogens with one attached hydrogen (secondary N) is 1. The monoisotopic (exact) mass is 425 g/mol. The summed E-state index contributed by atoms with van der Waals surface area (Å²) in [7, 11) is 1.34. The minimum Gasteiger partial charge on any atom is -0.493 e. The van der Waals surface area contributed by atoms with E-state index in [0.717, 1.165) is 5.56 Å². The SMILES string of the molecule is CCOC(=O)c1n[nH]nc1-c1ccc(OCCCOc2ccc(C(=O)OC)cc2)cc1. The van der Waals surface area contributed by atoms with Crippen LogP contribution in [0.3, 0.4) is 0 Å². The molecular formula is C22H23N3O6. The van der Waals surface area contributed by atoms with Crippen LogP contribution in [0.25, 0.3) is 11.3 Å². The first-order valence-electron chi connectivity index (χ1n) is 9.74. The van der Waals surface area contributed by atoms with Gasteiger partial charge in [-0.25, -0.2) is 9.59 Å². The second kappa shape index (κ2) is 10.8. The number of aromatic nitrogens is 3. The Morgan fingerprint density at radius 2 is 1.48 bits per heavy atom. The van der Waals surface area contributed by atoms with Crippen molar-refractivity contribution in [2.45, 2.75) is 13.3 Å². The van der Waals surface area contributed by atoms with Crippen molar-refractivity contribution in [2.75, 3.05) is 26.9 Å². The highest BCUT2D eigenvalue weighted by molar-refractivity contribution is 5.93. The van der Waals surface area contributed by atoms with Crippen molar-refractivity contribution in [2.24, 2.45) is 0 Å². The number of carbonyl (C=O) groups is 2. The van der Waals surface area contributed by atoms with Gasteiger partial charge in [-0.15, -0.1) is 5.10 Å². The van der Waals surface area contributed by atoms with E-state index in [1.54, 1.807) is 55.5 Å². The van der Waals surface area contributed by atoms with E-state index >= 15 is 0 Å². The zero-order valence-corrected chi connectivity index (χ0v) is 17.3. The molecule has 0 amide bonds. The molecular weight excluding hydrogens is 402 g/mol. The number of ether oxygens (including phenoxy) is 4. The van der Waals surface area contributed by atoms with Crippen LogP contribution in [0.5, 0.6) is 11.5 Å². The van der Waals surface area contributed by atoms with Gasteiger partial charge >= 0.3 is 11.9 Å². The fourth-order valence-electron chi connectivity index (χ4n) is 2.73. The fourth-order valence-corrected chi connectivity index (χ4v) is 2.73. The van der Waals surface area contributed by atoms with Crippen LogP contribution in [-0.4, -0.2) is 54.3 Å². The number of H-pyrrole nitrogens is 1. The topological polar surface area (TPSA) is 113 Å². The molecule has 0 fully saturated rings. The number of hydrogen-bond acceptors (Lipinski definition) is 8. The largest absolute Gasteiger partial charge is 0.493 e. The van der Waals surface area contributed by atoms with Crippen molar-refractivity contribution < 1.29 is 28.5 Å². The summed E-state index contributed by atoms with van der Waals surface area (Å²) in [4.78, 5) is 23.3. The van der Waals surface area contributed by atoms with Crippen molar-refractivity contribution in [3.63, 3.8) is 0 Å². The Kier molecular flexibility index (Phi) is 7.58. The van der Waals surface area contributed by atoms with Crippen LogP contribution in [0, 0.1) is 0 Å². The predicted molar refractivity (Wildman–Crippen MR) is 111 cm³/mol. The molecule has 0 aliphatic rings. The van der Waals surface area contributed by atoms with Crippen molar-refractivity contribution in [1.29, 1.82) is 0 Å². The van der Waals surface area contributed by atoms with Crippen LogP contribution in [0.15, 0.2) is 48.5 Å². The molecule has 0 spiro atoms. The Morgan fingerprint density at radius 1 is 0.871 bits per heavy atom. The normalized spacial score (nSPS) is 10.4. The Morgan fingerprint density at radius 3 is 2.06 bits per heavy atom. The summed E-state index contributed by atoms with van der Waals surface area (Å²) < 4.78 is 21.0. The van der Waals surface area contributed by atoms with Crippen LogP contribution in [-0.2, 0) is 9.47 Å². The van der Waals surface area contributed by atoms with E-state index in [-0.39, 0.29) is 18.3 Å². The van der Waals surface area contributed by atoms with Gasteiger partial charge in [0.15, 0.2) is 5.69 Å². The lowest BCUT2D eigenvalue weighted by Crippen LogP contribution is -2.07. The van der Waals surface area contributed by atoms with Crippen LogP contribution < -0.4 is 9.47 Å². The lowest BCUT2D eigenvalue weighted by molar-refractivity contribution is 0.0519. The molecule has 0 radical (unpaired) electrons. The molecule has 1 aromatic heterocycles. The quantitative estimate of drug-likeness (QED) is 0.389. The highest BCUT2D eigenvalue weighted by Crippen LogP contribution is 2.23. The van der Waals surface area contributed by atoms with Gasteiger partial charge in [-0.05, 0) is 55.5 Å². The summed E-state index contributed by atoms with van der Waals surface area (Å²) in [5.41, 5.74) is 1.77. The van der Waals surface area contributed by atoms with Crippen molar-refractivity contribution in [3.8, 4) is 22.8 Å². The summed E-state index contributed by atoms with van der Waals surface area (Å²) >= 11 is 0. The van der Waals surface area contributed by atoms with Gasteiger partial charge in [0.05, 0.1) is 32.5 Å². The smallest absolute Gasteiger partial charge is 0.361 e. The second-order valence-electron chi connectivity index (χ2n) is 6.33. The van der Waals surface area contributed by atoms with E-state index in [9.17, 15) is 9.59 Å². The zero-order valence-electron chi connectivity index (χ0n) is 17.3. The lowest BCUT2D eigenvalue weighted by Gasteiger charge is -2.09. The fraction of sp³-hybridized carbons (Fsp3) is 0.273. The molecule has 0 aliphatic heterocycles. The van der Waals surface area contributed by atoms with E-state index in [2.05, 4.69) is 20.1 Å². The van der Waals surface area contributed by atoms with Crippen LogP contribution in [0.4, 0.5) is 0 Å². The molecule has 1 N–H and O–H groups in total. The highest BCUT2D eigenvalue weighted by Gasteiger charge is 2.18. The molecule has 3 aromatic rings. The number of hydrogen-bond donors (Lipinski definition) is 1. The van der Waals surface area contributed by atoms with Gasteiger partial charge in [0.1, 0.15) is 17.2 Å². The van der Waals surface area contributed by atoms with E-state index in [1.165, 1.54) is 7.11 Å². The van der Waals surface area contributed by atoms with Crippen molar-refractivity contribution >= 4 is 11.9 Å². The van der Waals surface area contributed by atoms with Crippen LogP contribution >= 0.6 is 0 Å². The minimum absolute atomic E-state index is 0.146. The molecule has 0 saturated carbocycles. The number of aromatic amines is 1. The Hall–Kier alpha value is -3.88. The zero-order chi connectivity index (χ0) is 22.1. The predicted octanol–water partition coefficient (Wildman–Crippen LogP) is 3.28. The van der Waals surface area contributed by atoms with Gasteiger partial charge in [-0.2, -0.15) is 10.3 Å². The molecule has 31 heavy (non-hydrogen) atoms. The highest BCUT2D eigenvalue weighted by atomic mass is 16.5. The Labute approximate surface area is 179 Å². The van der Waals surface area contributed by atoms with Gasteiger partial charge in [0.2, 0.25) is 0 Å². The maximum atomic E-state index is 11.9. The molecule has 9 nitrogen and oxygen atoms in total. The molecule has 0 unspecified atom stereocenters. The Balaban J connectivity index is 1.44. The lowest BCUT2D eigenvalue weighted by atomic mass is 10.1. The maximum absolute atomic E-state index is 11.9. The van der Waals surface area contributed by atoms with Gasteiger partial charge in [-0.3, -0.25) is 0 Å². The first-order chi connectivity index (χ1) is 15.1. The standard InChI is InChI=1S/C22H23N3O6/c1-3-29-22(27)20-19(23-25-24-20)15-5-9-17(10-6-15)30-13-4-14-31-18-11-7-16(8-12-18)21(26)28-2/h5-12H,3-4,13-14H2,1-2H3,(H,23,24,25). The summed E-state index contributed by atoms with van der Waals surface area (Å²) in [5, 5.41) is 10.4. The van der Waals surface area contributed by atoms with Crippen molar-refractivity contribution in [1.82, 2.24) is 15.4 Å². The van der Waals surface area contributed by atoms with Gasteiger partial charge < -0.3 is 18.9 Å². The molecule has 1 heterocycles. The molecule has 3 rings (SSSR count). The van der Waals surface area contributed by atoms with E-state index in [4.69, 9.17) is 14.2 Å². The van der Waals surface area contributed by atoms with Gasteiger partial charge in [0, 0.05) is 12.0 Å². The average Bonchev–Trinajstić information content (AvgIpc) is 3.29. The van der Waals surface area contributed by atoms with Crippen LogP contribution in [0.1, 0.15) is 34.2 Å². The van der Waals surface area contributed by atoms with E-state index in [1.807, 2.05) is 0 Å². The first-order valence-corrected chi connectivity index (χ1v) is 9.74. The van der Waals surface area contributed by atoms with Crippen LogP contribution in [0.2, 0.25) is 0 Å². The summed E-state index contributed by atoms with van der Waals surface area (Å²) in [6, 6.07) is 13.9. The van der Waals surface area contributed by atoms with Gasteiger partial charge in [0.25, 0.3) is 0 Å². The average molecular weight is 425 g/mol. The third-order valence-corrected chi connectivity index (χ3v) is 4.25. The number of carbonyl (C=O) groups excluding carboxylic acids is 2. The number of benzene rings is 2. The van der Waals surface area contributed by atoms with Crippen molar-refractivity contribution in [3.05, 3.63) is 59.8 Å². The minimum atomic E-state index is -0.522. The number of nitrogens with zero attached hydrogens (tertiary/aromatic N) is 2. The molecule has 0 bridgehead atoms.